The Hall–Kier alpha value is -1.22. The summed E-state index contributed by atoms with van der Waals surface area (Å²) in [6.45, 7) is 1.53. The van der Waals surface area contributed by atoms with Crippen LogP contribution in [0.15, 0.2) is 36.4 Å². The number of carbonyl (C=O) groups excluding carboxylic acids is 1. The Kier molecular flexibility index (Phi) is 4.26. The van der Waals surface area contributed by atoms with Crippen molar-refractivity contribution in [2.45, 2.75) is 12.8 Å². The third-order valence-electron chi connectivity index (χ3n) is 3.01. The van der Waals surface area contributed by atoms with Gasteiger partial charge in [-0.05, 0) is 24.5 Å². The summed E-state index contributed by atoms with van der Waals surface area (Å²) in [7, 11) is 0. The number of nitrogens with zero attached hydrogens (tertiary/aromatic N) is 1. The van der Waals surface area contributed by atoms with E-state index in [-0.39, 0.29) is 5.91 Å². The molecule has 1 aliphatic rings. The van der Waals surface area contributed by atoms with E-state index in [2.05, 4.69) is 18.7 Å². The minimum atomic E-state index is 0.155. The van der Waals surface area contributed by atoms with Gasteiger partial charge in [-0.15, -0.1) is 0 Å². The number of fused-ring (bicyclic) bond motifs is 1. The molecule has 0 atom stereocenters. The lowest BCUT2D eigenvalue weighted by molar-refractivity contribution is 0.0779. The summed E-state index contributed by atoms with van der Waals surface area (Å²) in [5.74, 6) is 0.875. The van der Waals surface area contributed by atoms with E-state index in [0.29, 0.717) is 6.54 Å². The lowest BCUT2D eigenvalue weighted by atomic mass is 10.0. The maximum absolute atomic E-state index is 12.3. The van der Waals surface area contributed by atoms with Gasteiger partial charge in [0.25, 0.3) is 5.91 Å². The van der Waals surface area contributed by atoms with Crippen molar-refractivity contribution in [3.05, 3.63) is 47.5 Å². The monoisotopic (exact) mass is 247 g/mol. The number of rotatable bonds is 3. The SMILES string of the molecule is O=C1c2ccccc2CCCN1C/C=C/CS. The molecule has 2 rings (SSSR count). The van der Waals surface area contributed by atoms with Crippen LogP contribution in [0.2, 0.25) is 0 Å². The molecule has 0 spiro atoms. The highest BCUT2D eigenvalue weighted by molar-refractivity contribution is 7.80. The first-order valence-corrected chi connectivity index (χ1v) is 6.59. The molecule has 1 heterocycles. The van der Waals surface area contributed by atoms with E-state index in [9.17, 15) is 4.79 Å². The van der Waals surface area contributed by atoms with Crippen LogP contribution in [0.5, 0.6) is 0 Å². The van der Waals surface area contributed by atoms with Crippen molar-refractivity contribution in [3.8, 4) is 0 Å². The highest BCUT2D eigenvalue weighted by atomic mass is 32.1. The van der Waals surface area contributed by atoms with Crippen LogP contribution in [0.1, 0.15) is 22.3 Å². The van der Waals surface area contributed by atoms with Crippen LogP contribution in [-0.2, 0) is 6.42 Å². The summed E-state index contributed by atoms with van der Waals surface area (Å²) < 4.78 is 0. The summed E-state index contributed by atoms with van der Waals surface area (Å²) in [6.07, 6.45) is 6.03. The average molecular weight is 247 g/mol. The molecule has 0 bridgehead atoms. The Morgan fingerprint density at radius 1 is 1.29 bits per heavy atom. The second-order valence-electron chi connectivity index (χ2n) is 4.17. The molecule has 0 aromatic heterocycles. The topological polar surface area (TPSA) is 20.3 Å². The fourth-order valence-electron chi connectivity index (χ4n) is 2.13. The number of carbonyl (C=O) groups is 1. The number of hydrogen-bond acceptors (Lipinski definition) is 2. The van der Waals surface area contributed by atoms with Gasteiger partial charge in [0.1, 0.15) is 0 Å². The zero-order valence-corrected chi connectivity index (χ0v) is 10.7. The number of aryl methyl sites for hydroxylation is 1. The first kappa shape index (κ1) is 12.2. The van der Waals surface area contributed by atoms with Crippen LogP contribution in [0.25, 0.3) is 0 Å². The zero-order valence-electron chi connectivity index (χ0n) is 9.80. The second kappa shape index (κ2) is 5.92. The van der Waals surface area contributed by atoms with Gasteiger partial charge >= 0.3 is 0 Å². The molecule has 90 valence electrons. The Morgan fingerprint density at radius 2 is 2.12 bits per heavy atom. The molecule has 0 N–H and O–H groups in total. The van der Waals surface area contributed by atoms with E-state index in [0.717, 1.165) is 30.7 Å². The zero-order chi connectivity index (χ0) is 12.1. The van der Waals surface area contributed by atoms with E-state index in [4.69, 9.17) is 0 Å². The van der Waals surface area contributed by atoms with Crippen LogP contribution < -0.4 is 0 Å². The van der Waals surface area contributed by atoms with Gasteiger partial charge in [0.2, 0.25) is 0 Å². The molecule has 3 heteroatoms. The van der Waals surface area contributed by atoms with Gasteiger partial charge in [-0.2, -0.15) is 12.6 Å². The summed E-state index contributed by atoms with van der Waals surface area (Å²) in [5.41, 5.74) is 2.04. The molecule has 0 radical (unpaired) electrons. The molecule has 0 aliphatic carbocycles. The Balaban J connectivity index is 2.17. The van der Waals surface area contributed by atoms with E-state index in [1.807, 2.05) is 35.3 Å². The minimum Gasteiger partial charge on any atom is -0.335 e. The van der Waals surface area contributed by atoms with Gasteiger partial charge in [0, 0.05) is 24.4 Å². The van der Waals surface area contributed by atoms with Crippen molar-refractivity contribution >= 4 is 18.5 Å². The summed E-state index contributed by atoms with van der Waals surface area (Å²) in [6, 6.07) is 7.92. The van der Waals surface area contributed by atoms with Crippen LogP contribution in [0.4, 0.5) is 0 Å². The molecule has 17 heavy (non-hydrogen) atoms. The maximum Gasteiger partial charge on any atom is 0.254 e. The Labute approximate surface area is 108 Å². The summed E-state index contributed by atoms with van der Waals surface area (Å²) in [4.78, 5) is 14.2. The van der Waals surface area contributed by atoms with E-state index < -0.39 is 0 Å². The number of thiol groups is 1. The van der Waals surface area contributed by atoms with Crippen molar-refractivity contribution in [1.29, 1.82) is 0 Å². The minimum absolute atomic E-state index is 0.155. The first-order chi connectivity index (χ1) is 8.33. The highest BCUT2D eigenvalue weighted by Crippen LogP contribution is 2.18. The van der Waals surface area contributed by atoms with Crippen molar-refractivity contribution < 1.29 is 4.79 Å². The molecule has 1 aromatic rings. The maximum atomic E-state index is 12.3. The Bertz CT molecular complexity index is 428. The molecule has 0 fully saturated rings. The van der Waals surface area contributed by atoms with Gasteiger partial charge < -0.3 is 4.90 Å². The summed E-state index contributed by atoms with van der Waals surface area (Å²) in [5, 5.41) is 0. The lowest BCUT2D eigenvalue weighted by Gasteiger charge is -2.18. The van der Waals surface area contributed by atoms with Crippen LogP contribution >= 0.6 is 12.6 Å². The molecule has 1 aromatic carbocycles. The predicted molar refractivity (Wildman–Crippen MR) is 73.7 cm³/mol. The average Bonchev–Trinajstić information content (AvgIpc) is 2.51. The van der Waals surface area contributed by atoms with Gasteiger partial charge in [-0.1, -0.05) is 30.4 Å². The van der Waals surface area contributed by atoms with Crippen molar-refractivity contribution in [3.63, 3.8) is 0 Å². The van der Waals surface area contributed by atoms with Gasteiger partial charge in [-0.3, -0.25) is 4.79 Å². The quantitative estimate of drug-likeness (QED) is 0.643. The molecule has 0 saturated carbocycles. The fourth-order valence-corrected chi connectivity index (χ4v) is 2.28. The first-order valence-electron chi connectivity index (χ1n) is 5.96. The molecule has 1 aliphatic heterocycles. The molecular formula is C14H17NOS. The van der Waals surface area contributed by atoms with Crippen molar-refractivity contribution in [2.75, 3.05) is 18.8 Å². The number of benzene rings is 1. The van der Waals surface area contributed by atoms with Crippen LogP contribution in [-0.4, -0.2) is 29.6 Å². The van der Waals surface area contributed by atoms with Crippen molar-refractivity contribution in [2.24, 2.45) is 0 Å². The highest BCUT2D eigenvalue weighted by Gasteiger charge is 2.20. The van der Waals surface area contributed by atoms with Gasteiger partial charge in [0.05, 0.1) is 0 Å². The van der Waals surface area contributed by atoms with E-state index in [1.54, 1.807) is 0 Å². The van der Waals surface area contributed by atoms with Crippen LogP contribution in [0.3, 0.4) is 0 Å². The summed E-state index contributed by atoms with van der Waals surface area (Å²) >= 11 is 4.12. The number of amides is 1. The standard InChI is InChI=1S/C14H17NOS/c16-14-13-8-2-1-6-12(13)7-5-10-15(14)9-3-4-11-17/h1-4,6,8,17H,5,7,9-11H2/b4-3+. The normalized spacial score (nSPS) is 16.1. The Morgan fingerprint density at radius 3 is 2.94 bits per heavy atom. The molecular weight excluding hydrogens is 230 g/mol. The third-order valence-corrected chi connectivity index (χ3v) is 3.22. The van der Waals surface area contributed by atoms with Crippen LogP contribution in [0, 0.1) is 0 Å². The van der Waals surface area contributed by atoms with Gasteiger partial charge in [-0.25, -0.2) is 0 Å². The molecule has 2 nitrogen and oxygen atoms in total. The predicted octanol–water partition coefficient (Wildman–Crippen LogP) is 2.56. The number of hydrogen-bond donors (Lipinski definition) is 1. The van der Waals surface area contributed by atoms with Gasteiger partial charge in [0.15, 0.2) is 0 Å². The largest absolute Gasteiger partial charge is 0.335 e. The van der Waals surface area contributed by atoms with E-state index >= 15 is 0 Å². The van der Waals surface area contributed by atoms with Crippen molar-refractivity contribution in [1.82, 2.24) is 4.90 Å². The smallest absolute Gasteiger partial charge is 0.254 e. The second-order valence-corrected chi connectivity index (χ2v) is 4.53. The molecule has 1 amide bonds. The lowest BCUT2D eigenvalue weighted by Crippen LogP contribution is -2.31. The third kappa shape index (κ3) is 2.91. The molecule has 0 unspecified atom stereocenters. The fraction of sp³-hybridized carbons (Fsp3) is 0.357. The van der Waals surface area contributed by atoms with E-state index in [1.165, 1.54) is 5.56 Å². The molecule has 0 saturated heterocycles.